The summed E-state index contributed by atoms with van der Waals surface area (Å²) in [6.07, 6.45) is 4.45. The molecule has 2 aliphatic rings. The van der Waals surface area contributed by atoms with E-state index in [4.69, 9.17) is 4.74 Å². The predicted molar refractivity (Wildman–Crippen MR) is 71.5 cm³/mol. The minimum absolute atomic E-state index is 0.165. The quantitative estimate of drug-likeness (QED) is 0.676. The zero-order chi connectivity index (χ0) is 12.6. The lowest BCUT2D eigenvalue weighted by molar-refractivity contribution is -0.00167. The van der Waals surface area contributed by atoms with Crippen molar-refractivity contribution in [3.63, 3.8) is 0 Å². The van der Waals surface area contributed by atoms with Gasteiger partial charge in [0.25, 0.3) is 0 Å². The maximum absolute atomic E-state index is 12.1. The summed E-state index contributed by atoms with van der Waals surface area (Å²) < 4.78 is 5.47. The largest absolute Gasteiger partial charge is 0.444 e. The third-order valence-corrected chi connectivity index (χ3v) is 4.30. The van der Waals surface area contributed by atoms with Gasteiger partial charge in [0.2, 0.25) is 0 Å². The molecule has 98 valence electrons. The van der Waals surface area contributed by atoms with E-state index in [2.05, 4.69) is 12.6 Å². The second-order valence-electron chi connectivity index (χ2n) is 6.28. The molecule has 2 bridgehead atoms. The van der Waals surface area contributed by atoms with Gasteiger partial charge in [-0.25, -0.2) is 4.79 Å². The Morgan fingerprint density at radius 1 is 1.29 bits per heavy atom. The van der Waals surface area contributed by atoms with Gasteiger partial charge >= 0.3 is 6.09 Å². The van der Waals surface area contributed by atoms with E-state index in [1.807, 2.05) is 25.7 Å². The fourth-order valence-corrected chi connectivity index (χ4v) is 3.28. The van der Waals surface area contributed by atoms with Crippen LogP contribution >= 0.6 is 12.6 Å². The SMILES string of the molecule is CC(C)(C)OC(=O)N1CCC2CCC(S)C1C2. The molecule has 2 fully saturated rings. The van der Waals surface area contributed by atoms with Gasteiger partial charge in [-0.15, -0.1) is 0 Å². The number of hydrogen-bond donors (Lipinski definition) is 1. The standard InChI is InChI=1S/C13H23NO2S/c1-13(2,3)16-12(15)14-7-6-9-4-5-11(17)10(14)8-9/h9-11,17H,4-8H2,1-3H3. The van der Waals surface area contributed by atoms with Crippen LogP contribution in [0, 0.1) is 5.92 Å². The molecule has 1 aliphatic carbocycles. The number of thiol groups is 1. The second kappa shape index (κ2) is 4.71. The lowest BCUT2D eigenvalue weighted by atomic mass is 9.79. The minimum atomic E-state index is -0.408. The Hall–Kier alpha value is -0.380. The van der Waals surface area contributed by atoms with Crippen LogP contribution in [0.4, 0.5) is 4.79 Å². The number of likely N-dealkylation sites (tertiary alicyclic amines) is 1. The van der Waals surface area contributed by atoms with Crippen LogP contribution in [0.1, 0.15) is 46.5 Å². The number of nitrogens with zero attached hydrogens (tertiary/aromatic N) is 1. The molecule has 0 radical (unpaired) electrons. The number of fused-ring (bicyclic) bond motifs is 2. The van der Waals surface area contributed by atoms with Crippen molar-refractivity contribution in [2.45, 2.75) is 63.3 Å². The molecule has 2 rings (SSSR count). The number of rotatable bonds is 0. The van der Waals surface area contributed by atoms with Crippen LogP contribution < -0.4 is 0 Å². The third-order valence-electron chi connectivity index (χ3n) is 3.70. The smallest absolute Gasteiger partial charge is 0.410 e. The normalized spacial score (nSPS) is 33.4. The highest BCUT2D eigenvalue weighted by atomic mass is 32.1. The number of piperidine rings is 1. The van der Waals surface area contributed by atoms with E-state index in [-0.39, 0.29) is 12.1 Å². The van der Waals surface area contributed by atoms with Crippen LogP contribution in [-0.2, 0) is 4.74 Å². The molecule has 0 spiro atoms. The summed E-state index contributed by atoms with van der Waals surface area (Å²) in [5.74, 6) is 0.794. The van der Waals surface area contributed by atoms with Gasteiger partial charge in [-0.2, -0.15) is 12.6 Å². The Morgan fingerprint density at radius 3 is 2.65 bits per heavy atom. The van der Waals surface area contributed by atoms with Crippen LogP contribution in [0.25, 0.3) is 0 Å². The van der Waals surface area contributed by atoms with Gasteiger partial charge in [0, 0.05) is 17.8 Å². The first kappa shape index (κ1) is 13.1. The van der Waals surface area contributed by atoms with Crippen LogP contribution in [0.2, 0.25) is 0 Å². The Balaban J connectivity index is 2.02. The summed E-state index contributed by atoms with van der Waals surface area (Å²) in [5, 5.41) is 0.319. The Morgan fingerprint density at radius 2 is 2.00 bits per heavy atom. The molecule has 3 atom stereocenters. The first-order valence-corrected chi connectivity index (χ1v) is 7.06. The molecule has 1 saturated heterocycles. The molecule has 1 heterocycles. The number of hydrogen-bond acceptors (Lipinski definition) is 3. The van der Waals surface area contributed by atoms with E-state index >= 15 is 0 Å². The lowest BCUT2D eigenvalue weighted by Crippen LogP contribution is -2.53. The molecule has 3 nitrogen and oxygen atoms in total. The summed E-state index contributed by atoms with van der Waals surface area (Å²) >= 11 is 4.63. The molecule has 0 aromatic carbocycles. The van der Waals surface area contributed by atoms with Crippen molar-refractivity contribution in [2.24, 2.45) is 5.92 Å². The average Bonchev–Trinajstić information content (AvgIpc) is 2.21. The summed E-state index contributed by atoms with van der Waals surface area (Å²) in [7, 11) is 0. The van der Waals surface area contributed by atoms with Crippen molar-refractivity contribution in [2.75, 3.05) is 6.54 Å². The number of amides is 1. The van der Waals surface area contributed by atoms with Crippen LogP contribution in [0.5, 0.6) is 0 Å². The second-order valence-corrected chi connectivity index (χ2v) is 6.94. The Labute approximate surface area is 109 Å². The zero-order valence-corrected chi connectivity index (χ0v) is 11.9. The molecule has 1 aliphatic heterocycles. The van der Waals surface area contributed by atoms with E-state index in [1.165, 1.54) is 6.42 Å². The van der Waals surface area contributed by atoms with Gasteiger partial charge in [-0.3, -0.25) is 0 Å². The van der Waals surface area contributed by atoms with Crippen LogP contribution in [-0.4, -0.2) is 34.4 Å². The third kappa shape index (κ3) is 3.09. The van der Waals surface area contributed by atoms with Gasteiger partial charge in [-0.05, 0) is 52.4 Å². The fraction of sp³-hybridized carbons (Fsp3) is 0.923. The van der Waals surface area contributed by atoms with E-state index in [1.54, 1.807) is 0 Å². The topological polar surface area (TPSA) is 29.5 Å². The Bertz CT molecular complexity index is 300. The van der Waals surface area contributed by atoms with E-state index in [0.29, 0.717) is 5.25 Å². The molecule has 1 amide bonds. The maximum atomic E-state index is 12.1. The molecule has 0 aromatic rings. The maximum Gasteiger partial charge on any atom is 0.410 e. The van der Waals surface area contributed by atoms with Crippen LogP contribution in [0.15, 0.2) is 0 Å². The predicted octanol–water partition coefficient (Wildman–Crippen LogP) is 3.09. The Kier molecular flexibility index (Phi) is 3.62. The lowest BCUT2D eigenvalue weighted by Gasteiger charge is -2.45. The van der Waals surface area contributed by atoms with E-state index in [9.17, 15) is 4.79 Å². The van der Waals surface area contributed by atoms with Gasteiger partial charge in [0.05, 0.1) is 0 Å². The monoisotopic (exact) mass is 257 g/mol. The molecule has 4 heteroatoms. The van der Waals surface area contributed by atoms with Gasteiger partial charge in [-0.1, -0.05) is 0 Å². The molecule has 17 heavy (non-hydrogen) atoms. The molecule has 1 saturated carbocycles. The van der Waals surface area contributed by atoms with Crippen molar-refractivity contribution >= 4 is 18.7 Å². The van der Waals surface area contributed by atoms with E-state index in [0.717, 1.165) is 31.7 Å². The average molecular weight is 257 g/mol. The number of carbonyl (C=O) groups excluding carboxylic acids is 1. The summed E-state index contributed by atoms with van der Waals surface area (Å²) in [5.41, 5.74) is -0.408. The van der Waals surface area contributed by atoms with Crippen molar-refractivity contribution in [3.8, 4) is 0 Å². The summed E-state index contributed by atoms with van der Waals surface area (Å²) in [6.45, 7) is 6.57. The summed E-state index contributed by atoms with van der Waals surface area (Å²) in [4.78, 5) is 14.0. The molecule has 0 N–H and O–H groups in total. The molecule has 0 aromatic heterocycles. The highest BCUT2D eigenvalue weighted by Gasteiger charge is 2.40. The van der Waals surface area contributed by atoms with Crippen LogP contribution in [0.3, 0.4) is 0 Å². The van der Waals surface area contributed by atoms with Gasteiger partial charge < -0.3 is 9.64 Å². The van der Waals surface area contributed by atoms with Gasteiger partial charge in [0.1, 0.15) is 5.60 Å². The first-order chi connectivity index (χ1) is 7.87. The number of carbonyl (C=O) groups is 1. The highest BCUT2D eigenvalue weighted by molar-refractivity contribution is 7.81. The van der Waals surface area contributed by atoms with Crippen molar-refractivity contribution in [1.82, 2.24) is 4.90 Å². The van der Waals surface area contributed by atoms with Crippen molar-refractivity contribution in [1.29, 1.82) is 0 Å². The van der Waals surface area contributed by atoms with Crippen molar-refractivity contribution in [3.05, 3.63) is 0 Å². The highest BCUT2D eigenvalue weighted by Crippen LogP contribution is 2.37. The van der Waals surface area contributed by atoms with Crippen molar-refractivity contribution < 1.29 is 9.53 Å². The van der Waals surface area contributed by atoms with Gasteiger partial charge in [0.15, 0.2) is 0 Å². The molecular formula is C13H23NO2S. The molecular weight excluding hydrogens is 234 g/mol. The first-order valence-electron chi connectivity index (χ1n) is 6.54. The minimum Gasteiger partial charge on any atom is -0.444 e. The van der Waals surface area contributed by atoms with E-state index < -0.39 is 5.60 Å². The molecule has 3 unspecified atom stereocenters. The summed E-state index contributed by atoms with van der Waals surface area (Å²) in [6, 6.07) is 0.278. The number of ether oxygens (including phenoxy) is 1. The fourth-order valence-electron chi connectivity index (χ4n) is 2.85. The zero-order valence-electron chi connectivity index (χ0n) is 11.0.